The standard InChI is InChI=1S/C17H23BF4N2O4/c1-6-26-12(25)7-8-24-10-11(9-23-24)13(17(20,21)22)14(19)18-27-15(2,3)16(4,5)28-18/h9-10H,6-8H2,1-5H3. The summed E-state index contributed by atoms with van der Waals surface area (Å²) in [6.07, 6.45) is -3.16. The van der Waals surface area contributed by atoms with Gasteiger partial charge >= 0.3 is 19.3 Å². The minimum atomic E-state index is -5.00. The second-order valence-electron chi connectivity index (χ2n) is 7.36. The summed E-state index contributed by atoms with van der Waals surface area (Å²) in [5.41, 5.74) is -5.56. The van der Waals surface area contributed by atoms with Crippen molar-refractivity contribution in [2.24, 2.45) is 0 Å². The zero-order valence-electron chi connectivity index (χ0n) is 16.4. The molecular weight excluding hydrogens is 383 g/mol. The van der Waals surface area contributed by atoms with E-state index in [1.807, 2.05) is 0 Å². The number of carbonyl (C=O) groups is 1. The topological polar surface area (TPSA) is 62.6 Å². The van der Waals surface area contributed by atoms with E-state index in [0.29, 0.717) is 0 Å². The Kier molecular flexibility index (Phi) is 6.29. The molecule has 1 saturated heterocycles. The third-order valence-electron chi connectivity index (χ3n) is 4.75. The van der Waals surface area contributed by atoms with Crippen LogP contribution in [-0.4, -0.2) is 46.9 Å². The van der Waals surface area contributed by atoms with E-state index in [2.05, 4.69) is 5.10 Å². The van der Waals surface area contributed by atoms with E-state index < -0.39 is 47.3 Å². The van der Waals surface area contributed by atoms with E-state index in [0.717, 1.165) is 17.1 Å². The monoisotopic (exact) mass is 406 g/mol. The van der Waals surface area contributed by atoms with Crippen LogP contribution in [0.2, 0.25) is 0 Å². The van der Waals surface area contributed by atoms with Crippen molar-refractivity contribution in [2.45, 2.75) is 65.0 Å². The van der Waals surface area contributed by atoms with Crippen LogP contribution < -0.4 is 0 Å². The van der Waals surface area contributed by atoms with E-state index in [4.69, 9.17) is 14.0 Å². The molecular formula is C17H23BF4N2O4. The highest BCUT2D eigenvalue weighted by Gasteiger charge is 2.55. The molecule has 11 heteroatoms. The van der Waals surface area contributed by atoms with Crippen molar-refractivity contribution < 1.29 is 36.4 Å². The average Bonchev–Trinajstić information content (AvgIpc) is 3.07. The van der Waals surface area contributed by atoms with Crippen molar-refractivity contribution in [2.75, 3.05) is 6.61 Å². The predicted octanol–water partition coefficient (Wildman–Crippen LogP) is 3.71. The van der Waals surface area contributed by atoms with Crippen LogP contribution in [0.25, 0.3) is 5.57 Å². The third kappa shape index (κ3) is 4.75. The Hall–Kier alpha value is -1.88. The van der Waals surface area contributed by atoms with Crippen LogP contribution in [0.3, 0.4) is 0 Å². The smallest absolute Gasteiger partial charge is 0.466 e. The molecule has 0 N–H and O–H groups in total. The van der Waals surface area contributed by atoms with Gasteiger partial charge in [0.1, 0.15) is 5.73 Å². The highest BCUT2D eigenvalue weighted by molar-refractivity contribution is 6.55. The lowest BCUT2D eigenvalue weighted by atomic mass is 9.83. The summed E-state index contributed by atoms with van der Waals surface area (Å²) in [4.78, 5) is 11.4. The molecule has 1 fully saturated rings. The highest BCUT2D eigenvalue weighted by Crippen LogP contribution is 2.43. The number of rotatable bonds is 6. The van der Waals surface area contributed by atoms with Crippen molar-refractivity contribution in [3.05, 3.63) is 23.7 Å². The first-order valence-corrected chi connectivity index (χ1v) is 8.79. The molecule has 0 bridgehead atoms. The van der Waals surface area contributed by atoms with E-state index in [-0.39, 0.29) is 19.6 Å². The van der Waals surface area contributed by atoms with Crippen molar-refractivity contribution in [1.82, 2.24) is 9.78 Å². The molecule has 1 aromatic rings. The molecule has 6 nitrogen and oxygen atoms in total. The summed E-state index contributed by atoms with van der Waals surface area (Å²) in [7, 11) is -1.79. The minimum Gasteiger partial charge on any atom is -0.466 e. The molecule has 0 radical (unpaired) electrons. The van der Waals surface area contributed by atoms with Gasteiger partial charge in [0.05, 0.1) is 42.5 Å². The quantitative estimate of drug-likeness (QED) is 0.410. The second-order valence-corrected chi connectivity index (χ2v) is 7.36. The minimum absolute atomic E-state index is 0.00206. The van der Waals surface area contributed by atoms with E-state index in [9.17, 15) is 22.4 Å². The molecule has 0 spiro atoms. The maximum atomic E-state index is 14.9. The van der Waals surface area contributed by atoms with Gasteiger partial charge in [0.2, 0.25) is 0 Å². The van der Waals surface area contributed by atoms with Crippen molar-refractivity contribution in [3.8, 4) is 0 Å². The number of aryl methyl sites for hydroxylation is 1. The van der Waals surface area contributed by atoms with Gasteiger partial charge in [-0.05, 0) is 34.6 Å². The SMILES string of the molecule is CCOC(=O)CCn1cc(C(=C(F)B2OC(C)(C)C(C)(C)O2)C(F)(F)F)cn1. The first-order valence-electron chi connectivity index (χ1n) is 8.79. The van der Waals surface area contributed by atoms with Gasteiger partial charge in [-0.1, -0.05) is 0 Å². The average molecular weight is 406 g/mol. The Bertz CT molecular complexity index is 743. The molecule has 0 amide bonds. The molecule has 28 heavy (non-hydrogen) atoms. The Morgan fingerprint density at radius 2 is 1.82 bits per heavy atom. The van der Waals surface area contributed by atoms with Gasteiger partial charge in [0, 0.05) is 11.8 Å². The Labute approximate surface area is 161 Å². The number of carbonyl (C=O) groups excluding carboxylic acids is 1. The molecule has 1 aliphatic rings. The number of esters is 1. The molecule has 0 saturated carbocycles. The Morgan fingerprint density at radius 3 is 2.32 bits per heavy atom. The van der Waals surface area contributed by atoms with Gasteiger partial charge in [-0.3, -0.25) is 9.48 Å². The summed E-state index contributed by atoms with van der Waals surface area (Å²) in [6, 6.07) is 0. The summed E-state index contributed by atoms with van der Waals surface area (Å²) in [6.45, 7) is 8.29. The number of halogens is 4. The fraction of sp³-hybridized carbons (Fsp3) is 0.647. The first-order chi connectivity index (χ1) is 12.8. The molecule has 2 heterocycles. The number of hydrogen-bond acceptors (Lipinski definition) is 5. The van der Waals surface area contributed by atoms with Gasteiger partial charge in [0.25, 0.3) is 0 Å². The molecule has 0 aliphatic carbocycles. The number of hydrogen-bond donors (Lipinski definition) is 0. The Balaban J connectivity index is 2.30. The molecule has 1 aromatic heterocycles. The van der Waals surface area contributed by atoms with E-state index in [1.54, 1.807) is 34.6 Å². The number of aromatic nitrogens is 2. The first kappa shape index (κ1) is 22.4. The molecule has 1 aliphatic heterocycles. The van der Waals surface area contributed by atoms with Crippen molar-refractivity contribution in [3.63, 3.8) is 0 Å². The summed E-state index contributed by atoms with van der Waals surface area (Å²) < 4.78 is 72.3. The maximum Gasteiger partial charge on any atom is 0.525 e. The van der Waals surface area contributed by atoms with Crippen molar-refractivity contribution in [1.29, 1.82) is 0 Å². The summed E-state index contributed by atoms with van der Waals surface area (Å²) in [5.74, 6) is -0.505. The van der Waals surface area contributed by atoms with Crippen LogP contribution in [0.1, 0.15) is 46.6 Å². The zero-order valence-corrected chi connectivity index (χ0v) is 16.4. The molecule has 2 rings (SSSR count). The molecule has 0 aromatic carbocycles. The molecule has 0 unspecified atom stereocenters. The van der Waals surface area contributed by atoms with Crippen LogP contribution in [0.5, 0.6) is 0 Å². The lowest BCUT2D eigenvalue weighted by Gasteiger charge is -2.32. The number of ether oxygens (including phenoxy) is 1. The third-order valence-corrected chi connectivity index (χ3v) is 4.75. The fourth-order valence-corrected chi connectivity index (χ4v) is 2.56. The van der Waals surface area contributed by atoms with Gasteiger partial charge in [-0.2, -0.15) is 18.3 Å². The lowest BCUT2D eigenvalue weighted by molar-refractivity contribution is -0.143. The molecule has 156 valence electrons. The van der Waals surface area contributed by atoms with Gasteiger partial charge in [-0.15, -0.1) is 0 Å². The van der Waals surface area contributed by atoms with Gasteiger partial charge in [0.15, 0.2) is 0 Å². The van der Waals surface area contributed by atoms with Crippen LogP contribution >= 0.6 is 0 Å². The number of nitrogens with zero attached hydrogens (tertiary/aromatic N) is 2. The highest BCUT2D eigenvalue weighted by atomic mass is 19.4. The van der Waals surface area contributed by atoms with Gasteiger partial charge < -0.3 is 14.0 Å². The zero-order chi connectivity index (χ0) is 21.3. The summed E-state index contributed by atoms with van der Waals surface area (Å²) >= 11 is 0. The fourth-order valence-electron chi connectivity index (χ4n) is 2.56. The molecule has 0 atom stereocenters. The van der Waals surface area contributed by atoms with Gasteiger partial charge in [-0.25, -0.2) is 4.39 Å². The second kappa shape index (κ2) is 7.86. The number of allylic oxidation sites excluding steroid dienone is 1. The maximum absolute atomic E-state index is 14.9. The lowest BCUT2D eigenvalue weighted by Crippen LogP contribution is -2.41. The largest absolute Gasteiger partial charge is 0.525 e. The predicted molar refractivity (Wildman–Crippen MR) is 93.6 cm³/mol. The van der Waals surface area contributed by atoms with Crippen molar-refractivity contribution >= 4 is 18.7 Å². The van der Waals surface area contributed by atoms with Crippen LogP contribution in [0, 0.1) is 0 Å². The summed E-state index contributed by atoms with van der Waals surface area (Å²) in [5, 5.41) is 3.78. The Morgan fingerprint density at radius 1 is 1.25 bits per heavy atom. The van der Waals surface area contributed by atoms with Crippen LogP contribution in [-0.2, 0) is 25.4 Å². The van der Waals surface area contributed by atoms with E-state index >= 15 is 0 Å². The van der Waals surface area contributed by atoms with Crippen LogP contribution in [0.4, 0.5) is 17.6 Å². The van der Waals surface area contributed by atoms with Crippen LogP contribution in [0.15, 0.2) is 18.1 Å². The number of alkyl halides is 3. The normalized spacial score (nSPS) is 19.5. The van der Waals surface area contributed by atoms with E-state index in [1.165, 1.54) is 0 Å².